The molecular weight excluding hydrogens is 416 g/mol. The molecule has 178 valence electrons. The monoisotopic (exact) mass is 454 g/mol. The zero-order chi connectivity index (χ0) is 23.8. The molecule has 0 spiro atoms. The maximum Gasteiger partial charge on any atom is 0.119 e. The molecule has 3 rings (SSSR count). The predicted molar refractivity (Wildman–Crippen MR) is 147 cm³/mol. The fourth-order valence-electron chi connectivity index (χ4n) is 3.54. The second kappa shape index (κ2) is 14.8. The molecule has 2 nitrogen and oxygen atoms in total. The van der Waals surface area contributed by atoms with Gasteiger partial charge in [0.25, 0.3) is 0 Å². The SMILES string of the molecule is CCCCCOc1ccc(/C=C/c2ccc(/C=C/c3ccc(OCCCCC)cc3)cc2)cc1. The zero-order valence-corrected chi connectivity index (χ0v) is 20.7. The normalized spacial score (nSPS) is 11.4. The Labute approximate surface area is 206 Å². The van der Waals surface area contributed by atoms with Gasteiger partial charge in [-0.05, 0) is 59.4 Å². The molecule has 0 amide bonds. The molecule has 0 heterocycles. The molecule has 0 radical (unpaired) electrons. The third-order valence-corrected chi connectivity index (χ3v) is 5.67. The number of hydrogen-bond acceptors (Lipinski definition) is 2. The van der Waals surface area contributed by atoms with Gasteiger partial charge in [0.1, 0.15) is 11.5 Å². The molecule has 0 fully saturated rings. The lowest BCUT2D eigenvalue weighted by atomic mass is 10.1. The highest BCUT2D eigenvalue weighted by molar-refractivity contribution is 5.73. The van der Waals surface area contributed by atoms with Crippen molar-refractivity contribution in [3.63, 3.8) is 0 Å². The summed E-state index contributed by atoms with van der Waals surface area (Å²) >= 11 is 0. The smallest absolute Gasteiger partial charge is 0.119 e. The molecule has 0 bridgehead atoms. The van der Waals surface area contributed by atoms with E-state index in [1.165, 1.54) is 47.9 Å². The van der Waals surface area contributed by atoms with Crippen LogP contribution in [0.4, 0.5) is 0 Å². The highest BCUT2D eigenvalue weighted by Gasteiger charge is 1.96. The first kappa shape index (κ1) is 25.4. The van der Waals surface area contributed by atoms with Crippen molar-refractivity contribution in [1.29, 1.82) is 0 Å². The molecule has 0 aromatic heterocycles. The van der Waals surface area contributed by atoms with Crippen LogP contribution in [0.2, 0.25) is 0 Å². The van der Waals surface area contributed by atoms with Crippen molar-refractivity contribution in [2.24, 2.45) is 0 Å². The minimum Gasteiger partial charge on any atom is -0.494 e. The summed E-state index contributed by atoms with van der Waals surface area (Å²) < 4.78 is 11.6. The van der Waals surface area contributed by atoms with Crippen molar-refractivity contribution in [2.75, 3.05) is 13.2 Å². The van der Waals surface area contributed by atoms with E-state index >= 15 is 0 Å². The highest BCUT2D eigenvalue weighted by atomic mass is 16.5. The summed E-state index contributed by atoms with van der Waals surface area (Å²) in [5.74, 6) is 1.89. The van der Waals surface area contributed by atoms with Crippen molar-refractivity contribution in [1.82, 2.24) is 0 Å². The van der Waals surface area contributed by atoms with Gasteiger partial charge >= 0.3 is 0 Å². The molecule has 0 unspecified atom stereocenters. The van der Waals surface area contributed by atoms with Gasteiger partial charge in [-0.25, -0.2) is 0 Å². The lowest BCUT2D eigenvalue weighted by Crippen LogP contribution is -1.96. The van der Waals surface area contributed by atoms with Gasteiger partial charge in [-0.2, -0.15) is 0 Å². The molecule has 34 heavy (non-hydrogen) atoms. The van der Waals surface area contributed by atoms with E-state index < -0.39 is 0 Å². The molecule has 0 atom stereocenters. The first-order chi connectivity index (χ1) is 16.8. The number of ether oxygens (including phenoxy) is 2. The Morgan fingerprint density at radius 3 is 1.03 bits per heavy atom. The average molecular weight is 455 g/mol. The summed E-state index contributed by atoms with van der Waals surface area (Å²) in [4.78, 5) is 0. The van der Waals surface area contributed by atoms with E-state index in [0.717, 1.165) is 37.6 Å². The van der Waals surface area contributed by atoms with Gasteiger partial charge in [0.15, 0.2) is 0 Å². The van der Waals surface area contributed by atoms with Crippen LogP contribution in [-0.2, 0) is 0 Å². The van der Waals surface area contributed by atoms with E-state index in [-0.39, 0.29) is 0 Å². The first-order valence-corrected chi connectivity index (χ1v) is 12.7. The zero-order valence-electron chi connectivity index (χ0n) is 20.7. The Balaban J connectivity index is 1.47. The summed E-state index contributed by atoms with van der Waals surface area (Å²) in [6.45, 7) is 6.00. The van der Waals surface area contributed by atoms with Crippen LogP contribution in [-0.4, -0.2) is 13.2 Å². The van der Waals surface area contributed by atoms with Gasteiger partial charge in [-0.15, -0.1) is 0 Å². The molecule has 3 aromatic rings. The van der Waals surface area contributed by atoms with E-state index in [9.17, 15) is 0 Å². The van der Waals surface area contributed by atoms with E-state index in [4.69, 9.17) is 9.47 Å². The van der Waals surface area contributed by atoms with Crippen molar-refractivity contribution >= 4 is 24.3 Å². The second-order valence-electron chi connectivity index (χ2n) is 8.58. The predicted octanol–water partition coefficient (Wildman–Crippen LogP) is 9.17. The lowest BCUT2D eigenvalue weighted by Gasteiger charge is -2.05. The van der Waals surface area contributed by atoms with Gasteiger partial charge in [-0.3, -0.25) is 0 Å². The van der Waals surface area contributed by atoms with Crippen LogP contribution in [0.3, 0.4) is 0 Å². The van der Waals surface area contributed by atoms with Crippen LogP contribution in [0.25, 0.3) is 24.3 Å². The minimum atomic E-state index is 0.794. The summed E-state index contributed by atoms with van der Waals surface area (Å²) in [5, 5.41) is 0. The molecule has 2 heteroatoms. The van der Waals surface area contributed by atoms with Crippen LogP contribution in [0.15, 0.2) is 72.8 Å². The van der Waals surface area contributed by atoms with E-state index in [2.05, 4.69) is 86.7 Å². The van der Waals surface area contributed by atoms with Crippen LogP contribution >= 0.6 is 0 Å². The van der Waals surface area contributed by atoms with Crippen LogP contribution in [0, 0.1) is 0 Å². The van der Waals surface area contributed by atoms with Crippen molar-refractivity contribution in [3.05, 3.63) is 95.1 Å². The molecule has 0 saturated heterocycles. The summed E-state index contributed by atoms with van der Waals surface area (Å²) in [6, 6.07) is 25.2. The quantitative estimate of drug-likeness (QED) is 0.178. The molecule has 3 aromatic carbocycles. The maximum atomic E-state index is 5.79. The van der Waals surface area contributed by atoms with Crippen LogP contribution in [0.5, 0.6) is 11.5 Å². The largest absolute Gasteiger partial charge is 0.494 e. The minimum absolute atomic E-state index is 0.794. The summed E-state index contributed by atoms with van der Waals surface area (Å²) in [7, 11) is 0. The number of rotatable bonds is 14. The Bertz CT molecular complexity index is 912. The summed E-state index contributed by atoms with van der Waals surface area (Å²) in [5.41, 5.74) is 4.70. The van der Waals surface area contributed by atoms with Crippen molar-refractivity contribution in [3.8, 4) is 11.5 Å². The molecule has 0 saturated carbocycles. The first-order valence-electron chi connectivity index (χ1n) is 12.7. The fourth-order valence-corrected chi connectivity index (χ4v) is 3.54. The topological polar surface area (TPSA) is 18.5 Å². The number of unbranched alkanes of at least 4 members (excludes halogenated alkanes) is 4. The molecule has 0 N–H and O–H groups in total. The molecular formula is C32H38O2. The highest BCUT2D eigenvalue weighted by Crippen LogP contribution is 2.17. The molecule has 0 aliphatic heterocycles. The average Bonchev–Trinajstić information content (AvgIpc) is 2.89. The molecule has 0 aliphatic rings. The Hall–Kier alpha value is -3.26. The Morgan fingerprint density at radius 2 is 0.735 bits per heavy atom. The van der Waals surface area contributed by atoms with Gasteiger partial charge in [0.05, 0.1) is 13.2 Å². The number of hydrogen-bond donors (Lipinski definition) is 0. The van der Waals surface area contributed by atoms with Gasteiger partial charge in [0.2, 0.25) is 0 Å². The standard InChI is InChI=1S/C32H38O2/c1-3-5-7-25-33-31-21-17-29(18-22-31)15-13-27-9-11-28(12-10-27)14-16-30-19-23-32(24-20-30)34-26-8-6-4-2/h9-24H,3-8,25-26H2,1-2H3/b15-13+,16-14+. The van der Waals surface area contributed by atoms with E-state index in [1.54, 1.807) is 0 Å². The third kappa shape index (κ3) is 9.31. The van der Waals surface area contributed by atoms with Gasteiger partial charge in [0, 0.05) is 0 Å². The van der Waals surface area contributed by atoms with E-state index in [0.29, 0.717) is 0 Å². The fraction of sp³-hybridized carbons (Fsp3) is 0.312. The Morgan fingerprint density at radius 1 is 0.441 bits per heavy atom. The maximum absolute atomic E-state index is 5.79. The van der Waals surface area contributed by atoms with Gasteiger partial charge < -0.3 is 9.47 Å². The van der Waals surface area contributed by atoms with Crippen LogP contribution in [0.1, 0.15) is 74.6 Å². The van der Waals surface area contributed by atoms with Gasteiger partial charge in [-0.1, -0.05) is 112 Å². The molecule has 0 aliphatic carbocycles. The van der Waals surface area contributed by atoms with Crippen LogP contribution < -0.4 is 9.47 Å². The third-order valence-electron chi connectivity index (χ3n) is 5.67. The second-order valence-corrected chi connectivity index (χ2v) is 8.58. The lowest BCUT2D eigenvalue weighted by molar-refractivity contribution is 0.306. The van der Waals surface area contributed by atoms with Crippen molar-refractivity contribution in [2.45, 2.75) is 52.4 Å². The Kier molecular flexibility index (Phi) is 11.0. The summed E-state index contributed by atoms with van der Waals surface area (Å²) in [6.07, 6.45) is 15.7. The van der Waals surface area contributed by atoms with E-state index in [1.807, 2.05) is 24.3 Å². The number of benzene rings is 3. The van der Waals surface area contributed by atoms with Crippen molar-refractivity contribution < 1.29 is 9.47 Å².